The van der Waals surface area contributed by atoms with Crippen molar-refractivity contribution < 1.29 is 19.4 Å². The number of carboxylic acid groups (broad SMARTS) is 1. The van der Waals surface area contributed by atoms with E-state index in [0.29, 0.717) is 12.8 Å². The molecule has 0 saturated carbocycles. The number of fused-ring (bicyclic) bond motifs is 1. The van der Waals surface area contributed by atoms with Gasteiger partial charge in [-0.15, -0.1) is 0 Å². The van der Waals surface area contributed by atoms with Gasteiger partial charge in [0.15, 0.2) is 0 Å². The van der Waals surface area contributed by atoms with Gasteiger partial charge in [0.05, 0.1) is 6.54 Å². The van der Waals surface area contributed by atoms with Crippen molar-refractivity contribution in [1.82, 2.24) is 9.47 Å². The minimum Gasteiger partial charge on any atom is -0.508 e. The zero-order valence-electron chi connectivity index (χ0n) is 14.1. The van der Waals surface area contributed by atoms with Crippen LogP contribution < -0.4 is 5.56 Å². The summed E-state index contributed by atoms with van der Waals surface area (Å²) in [4.78, 5) is 24.2. The number of aromatic hydroxyl groups is 1. The quantitative estimate of drug-likeness (QED) is 0.861. The van der Waals surface area contributed by atoms with E-state index < -0.39 is 12.8 Å². The van der Waals surface area contributed by atoms with Crippen LogP contribution in [0.1, 0.15) is 23.1 Å². The van der Waals surface area contributed by atoms with E-state index in [0.717, 1.165) is 27.3 Å². The number of benzene rings is 1. The number of aromatic nitrogens is 1. The lowest BCUT2D eigenvalue weighted by Crippen LogP contribution is -2.30. The van der Waals surface area contributed by atoms with Gasteiger partial charge in [0.25, 0.3) is 5.56 Å². The molecule has 1 amide bonds. The van der Waals surface area contributed by atoms with Crippen LogP contribution in [0.5, 0.6) is 5.75 Å². The number of nitrogens with zero attached hydrogens (tertiary/aromatic N) is 2. The lowest BCUT2D eigenvalue weighted by Gasteiger charge is -2.21. The average molecular weight is 358 g/mol. The lowest BCUT2D eigenvalue weighted by atomic mass is 9.93. The van der Waals surface area contributed by atoms with Gasteiger partial charge in [0.2, 0.25) is 0 Å². The number of amides is 1. The smallest absolute Gasteiger partial charge is 0.407 e. The van der Waals surface area contributed by atoms with Gasteiger partial charge in [-0.25, -0.2) is 9.18 Å². The highest BCUT2D eigenvalue weighted by atomic mass is 19.1. The highest BCUT2D eigenvalue weighted by Gasteiger charge is 2.16. The molecule has 1 heterocycles. The number of aryl methyl sites for hydroxylation is 1. The fourth-order valence-electron chi connectivity index (χ4n) is 3.09. The molecule has 0 fully saturated rings. The summed E-state index contributed by atoms with van der Waals surface area (Å²) in [5.74, 6) is -0.0658. The molecule has 0 spiro atoms. The normalized spacial score (nSPS) is 13.0. The first-order valence-electron chi connectivity index (χ1n) is 8.26. The Labute approximate surface area is 149 Å². The standard InChI is InChI=1S/C19H19FN2O4/c20-6-8-21(19(25)26)12-13-1-2-15-10-16(4-3-14(15)9-13)22-7-5-17(23)11-18(22)24/h1-2,5,7,9-11,23H,3-4,6,8,12H2,(H,25,26). The van der Waals surface area contributed by atoms with E-state index in [1.807, 2.05) is 24.3 Å². The monoisotopic (exact) mass is 358 g/mol. The maximum absolute atomic E-state index is 12.5. The third-order valence-electron chi connectivity index (χ3n) is 4.39. The maximum Gasteiger partial charge on any atom is 0.407 e. The van der Waals surface area contributed by atoms with Crippen LogP contribution in [-0.2, 0) is 13.0 Å². The molecule has 6 nitrogen and oxygen atoms in total. The Balaban J connectivity index is 1.85. The predicted octanol–water partition coefficient (Wildman–Crippen LogP) is 2.95. The first-order valence-corrected chi connectivity index (χ1v) is 8.26. The summed E-state index contributed by atoms with van der Waals surface area (Å²) < 4.78 is 14.0. The Morgan fingerprint density at radius 2 is 2.04 bits per heavy atom. The van der Waals surface area contributed by atoms with E-state index in [-0.39, 0.29) is 24.4 Å². The molecule has 0 bridgehead atoms. The average Bonchev–Trinajstić information content (AvgIpc) is 2.61. The second-order valence-electron chi connectivity index (χ2n) is 6.16. The van der Waals surface area contributed by atoms with E-state index in [1.165, 1.54) is 16.7 Å². The Morgan fingerprint density at radius 1 is 1.23 bits per heavy atom. The number of allylic oxidation sites excluding steroid dienone is 1. The van der Waals surface area contributed by atoms with Crippen molar-refractivity contribution in [3.8, 4) is 5.75 Å². The van der Waals surface area contributed by atoms with E-state index in [2.05, 4.69) is 0 Å². The minimum absolute atomic E-state index is 0.0658. The molecule has 0 saturated heterocycles. The van der Waals surface area contributed by atoms with E-state index in [9.17, 15) is 19.1 Å². The van der Waals surface area contributed by atoms with Gasteiger partial charge in [0.1, 0.15) is 12.4 Å². The van der Waals surface area contributed by atoms with Crippen LogP contribution in [0, 0.1) is 0 Å². The molecular formula is C19H19FN2O4. The summed E-state index contributed by atoms with van der Waals surface area (Å²) in [5.41, 5.74) is 3.36. The van der Waals surface area contributed by atoms with Crippen molar-refractivity contribution in [2.24, 2.45) is 0 Å². The third-order valence-corrected chi connectivity index (χ3v) is 4.39. The zero-order chi connectivity index (χ0) is 18.7. The number of carbonyl (C=O) groups is 1. The van der Waals surface area contributed by atoms with E-state index in [4.69, 9.17) is 5.11 Å². The largest absolute Gasteiger partial charge is 0.508 e. The number of hydrogen-bond donors (Lipinski definition) is 2. The Morgan fingerprint density at radius 3 is 2.73 bits per heavy atom. The molecule has 0 radical (unpaired) electrons. The Bertz CT molecular complexity index is 920. The molecular weight excluding hydrogens is 339 g/mol. The first-order chi connectivity index (χ1) is 12.5. The van der Waals surface area contributed by atoms with Crippen molar-refractivity contribution in [2.45, 2.75) is 19.4 Å². The lowest BCUT2D eigenvalue weighted by molar-refractivity contribution is 0.138. The van der Waals surface area contributed by atoms with Gasteiger partial charge in [0, 0.05) is 24.5 Å². The topological polar surface area (TPSA) is 82.8 Å². The van der Waals surface area contributed by atoms with Crippen LogP contribution in [0.15, 0.2) is 41.3 Å². The van der Waals surface area contributed by atoms with E-state index >= 15 is 0 Å². The molecule has 1 aromatic carbocycles. The molecule has 1 aromatic heterocycles. The van der Waals surface area contributed by atoms with Crippen molar-refractivity contribution in [3.05, 3.63) is 63.6 Å². The summed E-state index contributed by atoms with van der Waals surface area (Å²) in [6, 6.07) is 8.25. The maximum atomic E-state index is 12.5. The van der Waals surface area contributed by atoms with Crippen molar-refractivity contribution >= 4 is 17.9 Å². The van der Waals surface area contributed by atoms with Crippen LogP contribution in [0.3, 0.4) is 0 Å². The molecule has 1 aliphatic rings. The molecule has 26 heavy (non-hydrogen) atoms. The minimum atomic E-state index is -1.14. The predicted molar refractivity (Wildman–Crippen MR) is 95.7 cm³/mol. The SMILES string of the molecule is O=C(O)N(CCF)Cc1ccc2c(c1)CCC(n1ccc(O)cc1=O)=C2. The van der Waals surface area contributed by atoms with Gasteiger partial charge in [-0.1, -0.05) is 18.2 Å². The highest BCUT2D eigenvalue weighted by Crippen LogP contribution is 2.27. The van der Waals surface area contributed by atoms with Crippen LogP contribution in [0.2, 0.25) is 0 Å². The van der Waals surface area contributed by atoms with Crippen LogP contribution in [0.4, 0.5) is 9.18 Å². The van der Waals surface area contributed by atoms with Gasteiger partial charge in [-0.2, -0.15) is 0 Å². The van der Waals surface area contributed by atoms with Crippen LogP contribution in [0.25, 0.3) is 11.8 Å². The fourth-order valence-corrected chi connectivity index (χ4v) is 3.09. The molecule has 0 unspecified atom stereocenters. The zero-order valence-corrected chi connectivity index (χ0v) is 14.1. The molecule has 1 aliphatic carbocycles. The molecule has 0 atom stereocenters. The third kappa shape index (κ3) is 3.77. The second-order valence-corrected chi connectivity index (χ2v) is 6.16. The highest BCUT2D eigenvalue weighted by molar-refractivity contribution is 5.75. The molecule has 2 N–H and O–H groups in total. The van der Waals surface area contributed by atoms with Crippen LogP contribution in [-0.4, -0.2) is 39.0 Å². The number of rotatable bonds is 5. The number of hydrogen-bond acceptors (Lipinski definition) is 3. The summed E-state index contributed by atoms with van der Waals surface area (Å²) in [7, 11) is 0. The first kappa shape index (κ1) is 17.7. The summed E-state index contributed by atoms with van der Waals surface area (Å²) in [6.07, 6.45) is 3.67. The number of pyridine rings is 1. The Hall–Kier alpha value is -3.09. The van der Waals surface area contributed by atoms with Gasteiger partial charge >= 0.3 is 6.09 Å². The summed E-state index contributed by atoms with van der Waals surface area (Å²) >= 11 is 0. The van der Waals surface area contributed by atoms with E-state index in [1.54, 1.807) is 6.20 Å². The summed E-state index contributed by atoms with van der Waals surface area (Å²) in [5, 5.41) is 18.5. The van der Waals surface area contributed by atoms with Crippen molar-refractivity contribution in [2.75, 3.05) is 13.2 Å². The molecule has 136 valence electrons. The number of halogens is 1. The Kier molecular flexibility index (Phi) is 5.06. The summed E-state index contributed by atoms with van der Waals surface area (Å²) in [6.45, 7) is -0.731. The van der Waals surface area contributed by atoms with Crippen molar-refractivity contribution in [3.63, 3.8) is 0 Å². The number of alkyl halides is 1. The van der Waals surface area contributed by atoms with Gasteiger partial charge < -0.3 is 15.1 Å². The molecule has 7 heteroatoms. The van der Waals surface area contributed by atoms with Crippen LogP contribution >= 0.6 is 0 Å². The molecule has 2 aromatic rings. The molecule has 0 aliphatic heterocycles. The molecule has 3 rings (SSSR count). The van der Waals surface area contributed by atoms with Gasteiger partial charge in [-0.05, 0) is 41.7 Å². The second kappa shape index (κ2) is 7.43. The van der Waals surface area contributed by atoms with Crippen molar-refractivity contribution in [1.29, 1.82) is 0 Å². The fraction of sp³-hybridized carbons (Fsp3) is 0.263. The van der Waals surface area contributed by atoms with Gasteiger partial charge in [-0.3, -0.25) is 9.36 Å².